The zero-order valence-electron chi connectivity index (χ0n) is 11.0. The van der Waals surface area contributed by atoms with Gasteiger partial charge in [-0.1, -0.05) is 0 Å². The summed E-state index contributed by atoms with van der Waals surface area (Å²) in [7, 11) is 4.16. The number of aryl methyl sites for hydroxylation is 1. The maximum Gasteiger partial charge on any atom is 0.0955 e. The summed E-state index contributed by atoms with van der Waals surface area (Å²) in [5.41, 5.74) is 9.60. The smallest absolute Gasteiger partial charge is 0.0955 e. The van der Waals surface area contributed by atoms with Crippen molar-refractivity contribution in [2.45, 2.75) is 31.3 Å². The van der Waals surface area contributed by atoms with Crippen LogP contribution in [0.15, 0.2) is 24.5 Å². The van der Waals surface area contributed by atoms with E-state index in [1.165, 1.54) is 24.0 Å². The quantitative estimate of drug-likeness (QED) is 0.877. The number of hydrogen-bond donors (Lipinski definition) is 1. The van der Waals surface area contributed by atoms with Crippen LogP contribution in [0.1, 0.15) is 19.3 Å². The highest BCUT2D eigenvalue weighted by Gasteiger charge is 2.27. The summed E-state index contributed by atoms with van der Waals surface area (Å²) >= 11 is 0. The molecule has 1 heterocycles. The van der Waals surface area contributed by atoms with Crippen LogP contribution in [0.25, 0.3) is 11.0 Å². The van der Waals surface area contributed by atoms with Gasteiger partial charge in [0.25, 0.3) is 0 Å². The van der Waals surface area contributed by atoms with Crippen molar-refractivity contribution in [1.82, 2.24) is 9.55 Å². The molecule has 18 heavy (non-hydrogen) atoms. The highest BCUT2D eigenvalue weighted by atomic mass is 15.2. The van der Waals surface area contributed by atoms with Gasteiger partial charge >= 0.3 is 0 Å². The predicted octanol–water partition coefficient (Wildman–Crippen LogP) is 1.89. The number of benzene rings is 1. The summed E-state index contributed by atoms with van der Waals surface area (Å²) in [6.07, 6.45) is 5.43. The van der Waals surface area contributed by atoms with Crippen LogP contribution in [-0.2, 0) is 7.05 Å². The van der Waals surface area contributed by atoms with E-state index in [0.717, 1.165) is 11.9 Å². The Kier molecular flexibility index (Phi) is 2.74. The monoisotopic (exact) mass is 244 g/mol. The van der Waals surface area contributed by atoms with E-state index in [2.05, 4.69) is 35.1 Å². The normalized spacial score (nSPS) is 23.7. The van der Waals surface area contributed by atoms with Gasteiger partial charge in [0.15, 0.2) is 0 Å². The molecule has 1 aromatic carbocycles. The first kappa shape index (κ1) is 11.5. The molecule has 1 aromatic heterocycles. The Morgan fingerprint density at radius 2 is 2.22 bits per heavy atom. The molecule has 1 aliphatic rings. The Morgan fingerprint density at radius 3 is 2.94 bits per heavy atom. The lowest BCUT2D eigenvalue weighted by molar-refractivity contribution is 0.573. The second kappa shape index (κ2) is 4.28. The Hall–Kier alpha value is -1.55. The molecule has 1 saturated carbocycles. The Morgan fingerprint density at radius 1 is 1.39 bits per heavy atom. The van der Waals surface area contributed by atoms with E-state index in [4.69, 9.17) is 5.73 Å². The molecular formula is C14H20N4. The lowest BCUT2D eigenvalue weighted by Crippen LogP contribution is -2.42. The number of imidazole rings is 1. The molecule has 2 atom stereocenters. The van der Waals surface area contributed by atoms with Crippen molar-refractivity contribution in [1.29, 1.82) is 0 Å². The molecule has 0 radical (unpaired) electrons. The van der Waals surface area contributed by atoms with Crippen molar-refractivity contribution in [2.75, 3.05) is 11.9 Å². The number of aromatic nitrogens is 2. The van der Waals surface area contributed by atoms with E-state index in [9.17, 15) is 0 Å². The van der Waals surface area contributed by atoms with Gasteiger partial charge < -0.3 is 15.2 Å². The van der Waals surface area contributed by atoms with Crippen LogP contribution in [0, 0.1) is 0 Å². The van der Waals surface area contributed by atoms with Crippen molar-refractivity contribution in [3.05, 3.63) is 24.5 Å². The molecular weight excluding hydrogens is 224 g/mol. The van der Waals surface area contributed by atoms with Crippen LogP contribution in [0.4, 0.5) is 5.69 Å². The molecule has 2 aromatic rings. The summed E-state index contributed by atoms with van der Waals surface area (Å²) in [4.78, 5) is 6.72. The van der Waals surface area contributed by atoms with E-state index < -0.39 is 0 Å². The fraction of sp³-hybridized carbons (Fsp3) is 0.500. The first-order valence-corrected chi connectivity index (χ1v) is 6.56. The van der Waals surface area contributed by atoms with Gasteiger partial charge in [-0.2, -0.15) is 0 Å². The van der Waals surface area contributed by atoms with Gasteiger partial charge in [0.05, 0.1) is 17.4 Å². The summed E-state index contributed by atoms with van der Waals surface area (Å²) in [5, 5.41) is 0. The fourth-order valence-electron chi connectivity index (χ4n) is 2.99. The maximum absolute atomic E-state index is 6.17. The first-order chi connectivity index (χ1) is 8.66. The number of nitrogens with two attached hydrogens (primary N) is 1. The van der Waals surface area contributed by atoms with E-state index in [1.54, 1.807) is 0 Å². The van der Waals surface area contributed by atoms with Gasteiger partial charge in [0.2, 0.25) is 0 Å². The highest BCUT2D eigenvalue weighted by Crippen LogP contribution is 2.28. The van der Waals surface area contributed by atoms with Crippen LogP contribution >= 0.6 is 0 Å². The molecule has 1 fully saturated rings. The van der Waals surface area contributed by atoms with Crippen LogP contribution in [0.3, 0.4) is 0 Å². The lowest BCUT2D eigenvalue weighted by atomic mass is 10.1. The second-order valence-corrected chi connectivity index (χ2v) is 5.30. The zero-order valence-corrected chi connectivity index (χ0v) is 11.0. The minimum atomic E-state index is 0.300. The topological polar surface area (TPSA) is 47.1 Å². The molecule has 0 bridgehead atoms. The van der Waals surface area contributed by atoms with Gasteiger partial charge in [0.1, 0.15) is 0 Å². The molecule has 0 saturated heterocycles. The van der Waals surface area contributed by atoms with Crippen molar-refractivity contribution in [2.24, 2.45) is 12.8 Å². The molecule has 0 aliphatic heterocycles. The van der Waals surface area contributed by atoms with Gasteiger partial charge in [-0.15, -0.1) is 0 Å². The molecule has 4 nitrogen and oxygen atoms in total. The number of likely N-dealkylation sites (N-methyl/N-ethyl adjacent to an activating group) is 1. The van der Waals surface area contributed by atoms with Crippen LogP contribution in [0.2, 0.25) is 0 Å². The molecule has 2 unspecified atom stereocenters. The Bertz CT molecular complexity index is 560. The second-order valence-electron chi connectivity index (χ2n) is 5.30. The number of fused-ring (bicyclic) bond motifs is 1. The summed E-state index contributed by atoms with van der Waals surface area (Å²) in [5.74, 6) is 0. The zero-order chi connectivity index (χ0) is 12.7. The van der Waals surface area contributed by atoms with Crippen molar-refractivity contribution in [3.8, 4) is 0 Å². The molecule has 96 valence electrons. The fourth-order valence-corrected chi connectivity index (χ4v) is 2.99. The van der Waals surface area contributed by atoms with Crippen molar-refractivity contribution >= 4 is 16.7 Å². The molecule has 3 rings (SSSR count). The van der Waals surface area contributed by atoms with Gasteiger partial charge in [-0.05, 0) is 37.5 Å². The number of nitrogens with zero attached hydrogens (tertiary/aromatic N) is 3. The van der Waals surface area contributed by atoms with Crippen LogP contribution < -0.4 is 10.6 Å². The van der Waals surface area contributed by atoms with Crippen LogP contribution in [-0.4, -0.2) is 28.7 Å². The lowest BCUT2D eigenvalue weighted by Gasteiger charge is -2.29. The third-order valence-electron chi connectivity index (χ3n) is 4.15. The highest BCUT2D eigenvalue weighted by molar-refractivity contribution is 5.79. The van der Waals surface area contributed by atoms with Gasteiger partial charge in [0, 0.05) is 31.9 Å². The van der Waals surface area contributed by atoms with E-state index in [0.29, 0.717) is 12.1 Å². The third-order valence-corrected chi connectivity index (χ3v) is 4.15. The average Bonchev–Trinajstić information content (AvgIpc) is 2.95. The van der Waals surface area contributed by atoms with E-state index in [1.807, 2.05) is 17.9 Å². The minimum Gasteiger partial charge on any atom is -0.370 e. The number of anilines is 1. The average molecular weight is 244 g/mol. The number of hydrogen-bond acceptors (Lipinski definition) is 3. The molecule has 0 amide bonds. The molecule has 2 N–H and O–H groups in total. The molecule has 1 aliphatic carbocycles. The molecule has 0 spiro atoms. The van der Waals surface area contributed by atoms with Crippen LogP contribution in [0.5, 0.6) is 0 Å². The largest absolute Gasteiger partial charge is 0.370 e. The van der Waals surface area contributed by atoms with Crippen molar-refractivity contribution in [3.63, 3.8) is 0 Å². The summed E-state index contributed by atoms with van der Waals surface area (Å²) in [6, 6.07) is 7.21. The third kappa shape index (κ3) is 1.77. The Balaban J connectivity index is 1.93. The van der Waals surface area contributed by atoms with Crippen molar-refractivity contribution < 1.29 is 0 Å². The summed E-state index contributed by atoms with van der Waals surface area (Å²) in [6.45, 7) is 0. The SMILES string of the molecule is CN(c1ccc2c(c1)ncn2C)C1CCCC1N. The minimum absolute atomic E-state index is 0.300. The summed E-state index contributed by atoms with van der Waals surface area (Å²) < 4.78 is 2.04. The molecule has 4 heteroatoms. The predicted molar refractivity (Wildman–Crippen MR) is 74.7 cm³/mol. The van der Waals surface area contributed by atoms with Gasteiger partial charge in [-0.25, -0.2) is 4.98 Å². The van der Waals surface area contributed by atoms with E-state index >= 15 is 0 Å². The number of rotatable bonds is 2. The maximum atomic E-state index is 6.17. The van der Waals surface area contributed by atoms with Gasteiger partial charge in [-0.3, -0.25) is 0 Å². The Labute approximate surface area is 107 Å². The standard InChI is InChI=1S/C14H20N4/c1-17-9-16-12-8-10(6-7-14(12)17)18(2)13-5-3-4-11(13)15/h6-9,11,13H,3-5,15H2,1-2H3. The first-order valence-electron chi connectivity index (χ1n) is 6.56. The van der Waals surface area contributed by atoms with E-state index in [-0.39, 0.29) is 0 Å².